The van der Waals surface area contributed by atoms with Crippen molar-refractivity contribution in [3.63, 3.8) is 0 Å². The third-order valence-electron chi connectivity index (χ3n) is 5.13. The SMILES string of the molecule is Cc1nc2cc(C(=O)OCC(=O)NC3CCCC3)ccc2n1-c1ccccc1. The smallest absolute Gasteiger partial charge is 0.338 e. The standard InChI is InChI=1S/C22H23N3O3/c1-15-23-19-13-16(11-12-20(19)25(15)18-9-3-2-4-10-18)22(27)28-14-21(26)24-17-7-5-6-8-17/h2-4,9-13,17H,5-8,14H2,1H3,(H,24,26). The number of benzene rings is 2. The van der Waals surface area contributed by atoms with Gasteiger partial charge in [-0.25, -0.2) is 9.78 Å². The molecule has 0 saturated heterocycles. The molecule has 1 aliphatic rings. The molecule has 1 fully saturated rings. The number of nitrogens with one attached hydrogen (secondary N) is 1. The first kappa shape index (κ1) is 18.2. The van der Waals surface area contributed by atoms with Crippen LogP contribution in [-0.2, 0) is 9.53 Å². The lowest BCUT2D eigenvalue weighted by Gasteiger charge is -2.12. The third kappa shape index (κ3) is 3.76. The molecular formula is C22H23N3O3. The predicted molar refractivity (Wildman–Crippen MR) is 106 cm³/mol. The van der Waals surface area contributed by atoms with Crippen molar-refractivity contribution in [1.29, 1.82) is 0 Å². The molecule has 1 heterocycles. The van der Waals surface area contributed by atoms with Crippen LogP contribution in [0, 0.1) is 6.92 Å². The number of esters is 1. The number of hydrogen-bond acceptors (Lipinski definition) is 4. The lowest BCUT2D eigenvalue weighted by atomic mass is 10.2. The fraction of sp³-hybridized carbons (Fsp3) is 0.318. The van der Waals surface area contributed by atoms with Crippen molar-refractivity contribution < 1.29 is 14.3 Å². The Balaban J connectivity index is 1.47. The van der Waals surface area contributed by atoms with Crippen LogP contribution in [0.3, 0.4) is 0 Å². The number of imidazole rings is 1. The number of amides is 1. The van der Waals surface area contributed by atoms with Crippen LogP contribution in [0.4, 0.5) is 0 Å². The molecule has 1 N–H and O–H groups in total. The fourth-order valence-electron chi connectivity index (χ4n) is 3.78. The molecule has 6 heteroatoms. The van der Waals surface area contributed by atoms with Crippen LogP contribution in [0.5, 0.6) is 0 Å². The predicted octanol–water partition coefficient (Wildman–Crippen LogP) is 3.55. The zero-order valence-corrected chi connectivity index (χ0v) is 15.9. The first-order valence-electron chi connectivity index (χ1n) is 9.63. The maximum absolute atomic E-state index is 12.4. The van der Waals surface area contributed by atoms with E-state index in [-0.39, 0.29) is 18.6 Å². The Hall–Kier alpha value is -3.15. The normalized spacial score (nSPS) is 14.3. The molecule has 1 amide bonds. The van der Waals surface area contributed by atoms with Crippen LogP contribution in [-0.4, -0.2) is 34.1 Å². The molecule has 0 aliphatic heterocycles. The third-order valence-corrected chi connectivity index (χ3v) is 5.13. The number of ether oxygens (including phenoxy) is 1. The molecule has 3 aromatic rings. The second kappa shape index (κ2) is 7.84. The Morgan fingerprint density at radius 2 is 1.89 bits per heavy atom. The summed E-state index contributed by atoms with van der Waals surface area (Å²) in [5, 5.41) is 2.91. The van der Waals surface area contributed by atoms with E-state index in [1.54, 1.807) is 12.1 Å². The van der Waals surface area contributed by atoms with E-state index in [9.17, 15) is 9.59 Å². The maximum atomic E-state index is 12.4. The summed E-state index contributed by atoms with van der Waals surface area (Å²) in [6, 6.07) is 15.4. The van der Waals surface area contributed by atoms with E-state index in [1.807, 2.05) is 47.9 Å². The average Bonchev–Trinajstić information content (AvgIpc) is 3.32. The van der Waals surface area contributed by atoms with Gasteiger partial charge >= 0.3 is 5.97 Å². The van der Waals surface area contributed by atoms with E-state index >= 15 is 0 Å². The van der Waals surface area contributed by atoms with E-state index < -0.39 is 5.97 Å². The molecule has 0 bridgehead atoms. The molecule has 1 aromatic heterocycles. The number of para-hydroxylation sites is 1. The number of nitrogens with zero attached hydrogens (tertiary/aromatic N) is 2. The van der Waals surface area contributed by atoms with E-state index in [1.165, 1.54) is 0 Å². The van der Waals surface area contributed by atoms with Gasteiger partial charge in [0.15, 0.2) is 6.61 Å². The molecule has 0 unspecified atom stereocenters. The molecule has 4 rings (SSSR count). The molecule has 2 aromatic carbocycles. The molecule has 0 spiro atoms. The monoisotopic (exact) mass is 377 g/mol. The average molecular weight is 377 g/mol. The molecule has 6 nitrogen and oxygen atoms in total. The lowest BCUT2D eigenvalue weighted by Crippen LogP contribution is -2.35. The van der Waals surface area contributed by atoms with Gasteiger partial charge in [-0.1, -0.05) is 31.0 Å². The van der Waals surface area contributed by atoms with Crippen LogP contribution in [0.2, 0.25) is 0 Å². The van der Waals surface area contributed by atoms with E-state index in [0.29, 0.717) is 11.1 Å². The summed E-state index contributed by atoms with van der Waals surface area (Å²) < 4.78 is 7.23. The minimum absolute atomic E-state index is 0.215. The minimum Gasteiger partial charge on any atom is -0.452 e. The summed E-state index contributed by atoms with van der Waals surface area (Å²) in [6.07, 6.45) is 4.28. The minimum atomic E-state index is -0.518. The van der Waals surface area contributed by atoms with Gasteiger partial charge in [0.2, 0.25) is 0 Å². The van der Waals surface area contributed by atoms with Gasteiger partial charge in [0, 0.05) is 11.7 Å². The summed E-state index contributed by atoms with van der Waals surface area (Å²) in [7, 11) is 0. The van der Waals surface area contributed by atoms with Gasteiger partial charge in [0.05, 0.1) is 16.6 Å². The second-order valence-electron chi connectivity index (χ2n) is 7.16. The summed E-state index contributed by atoms with van der Waals surface area (Å²) in [5.74, 6) is 0.0728. The molecule has 1 saturated carbocycles. The molecule has 1 aliphatic carbocycles. The highest BCUT2D eigenvalue weighted by Crippen LogP contribution is 2.22. The Morgan fingerprint density at radius 1 is 1.14 bits per heavy atom. The van der Waals surface area contributed by atoms with Crippen LogP contribution >= 0.6 is 0 Å². The van der Waals surface area contributed by atoms with Crippen molar-refractivity contribution in [1.82, 2.24) is 14.9 Å². The van der Waals surface area contributed by atoms with Gasteiger partial charge < -0.3 is 10.1 Å². The van der Waals surface area contributed by atoms with Crippen LogP contribution in [0.15, 0.2) is 48.5 Å². The molecule has 0 radical (unpaired) electrons. The van der Waals surface area contributed by atoms with Crippen molar-refractivity contribution in [3.8, 4) is 5.69 Å². The van der Waals surface area contributed by atoms with E-state index in [4.69, 9.17) is 4.74 Å². The quantitative estimate of drug-likeness (QED) is 0.690. The van der Waals surface area contributed by atoms with Gasteiger partial charge in [-0.05, 0) is 50.1 Å². The highest BCUT2D eigenvalue weighted by molar-refractivity contribution is 5.95. The molecule has 0 atom stereocenters. The fourth-order valence-corrected chi connectivity index (χ4v) is 3.78. The van der Waals surface area contributed by atoms with Crippen LogP contribution in [0.25, 0.3) is 16.7 Å². The number of fused-ring (bicyclic) bond motifs is 1. The van der Waals surface area contributed by atoms with Crippen molar-refractivity contribution in [2.24, 2.45) is 0 Å². The Morgan fingerprint density at radius 3 is 2.64 bits per heavy atom. The number of carbonyl (C=O) groups is 2. The number of aryl methyl sites for hydroxylation is 1. The summed E-state index contributed by atoms with van der Waals surface area (Å²) >= 11 is 0. The number of hydrogen-bond donors (Lipinski definition) is 1. The van der Waals surface area contributed by atoms with Crippen molar-refractivity contribution in [3.05, 3.63) is 59.9 Å². The Kier molecular flexibility index (Phi) is 5.10. The van der Waals surface area contributed by atoms with Crippen LogP contribution in [0.1, 0.15) is 41.9 Å². The molecule has 28 heavy (non-hydrogen) atoms. The zero-order valence-electron chi connectivity index (χ0n) is 15.9. The largest absolute Gasteiger partial charge is 0.452 e. The van der Waals surface area contributed by atoms with Crippen molar-refractivity contribution >= 4 is 22.9 Å². The van der Waals surface area contributed by atoms with E-state index in [2.05, 4.69) is 10.3 Å². The maximum Gasteiger partial charge on any atom is 0.338 e. The summed E-state index contributed by atoms with van der Waals surface area (Å²) in [4.78, 5) is 28.9. The lowest BCUT2D eigenvalue weighted by molar-refractivity contribution is -0.124. The van der Waals surface area contributed by atoms with Gasteiger partial charge in [-0.15, -0.1) is 0 Å². The van der Waals surface area contributed by atoms with Gasteiger partial charge in [0.25, 0.3) is 5.91 Å². The summed E-state index contributed by atoms with van der Waals surface area (Å²) in [5.41, 5.74) is 3.03. The topological polar surface area (TPSA) is 73.2 Å². The van der Waals surface area contributed by atoms with Gasteiger partial charge in [-0.3, -0.25) is 9.36 Å². The molecule has 144 valence electrons. The zero-order chi connectivity index (χ0) is 19.5. The van der Waals surface area contributed by atoms with Gasteiger partial charge in [-0.2, -0.15) is 0 Å². The van der Waals surface area contributed by atoms with Crippen molar-refractivity contribution in [2.75, 3.05) is 6.61 Å². The number of aromatic nitrogens is 2. The van der Waals surface area contributed by atoms with Gasteiger partial charge in [0.1, 0.15) is 5.82 Å². The van der Waals surface area contributed by atoms with Crippen LogP contribution < -0.4 is 5.32 Å². The Bertz CT molecular complexity index is 1000. The first-order valence-corrected chi connectivity index (χ1v) is 9.63. The molecular weight excluding hydrogens is 354 g/mol. The Labute approximate surface area is 163 Å². The second-order valence-corrected chi connectivity index (χ2v) is 7.16. The highest BCUT2D eigenvalue weighted by Gasteiger charge is 2.19. The summed E-state index contributed by atoms with van der Waals surface area (Å²) in [6.45, 7) is 1.67. The van der Waals surface area contributed by atoms with E-state index in [0.717, 1.165) is 42.7 Å². The highest BCUT2D eigenvalue weighted by atomic mass is 16.5. The first-order chi connectivity index (χ1) is 13.6. The number of rotatable bonds is 5. The number of carbonyl (C=O) groups excluding carboxylic acids is 2. The van der Waals surface area contributed by atoms with Crippen molar-refractivity contribution in [2.45, 2.75) is 38.6 Å².